The van der Waals surface area contributed by atoms with E-state index in [1.165, 1.54) is 0 Å². The second kappa shape index (κ2) is 9.56. The largest absolute Gasteiger partial charge is 0.481 e. The van der Waals surface area contributed by atoms with Gasteiger partial charge in [0.25, 0.3) is 0 Å². The SMILES string of the molecule is CNCCOP(=O)(O)OCCCCCC(=O)O. The lowest BCUT2D eigenvalue weighted by Gasteiger charge is -2.11. The first-order chi connectivity index (χ1) is 7.98. The normalized spacial score (nSPS) is 14.5. The van der Waals surface area contributed by atoms with Crippen LogP contribution in [0.4, 0.5) is 0 Å². The zero-order valence-electron chi connectivity index (χ0n) is 9.92. The summed E-state index contributed by atoms with van der Waals surface area (Å²) in [6, 6.07) is 0. The van der Waals surface area contributed by atoms with Crippen LogP contribution < -0.4 is 5.32 Å². The quantitative estimate of drug-likeness (QED) is 0.379. The number of aliphatic carboxylic acids is 1. The number of carboxylic acids is 1. The molecule has 1 atom stereocenters. The Hall–Kier alpha value is -0.460. The predicted molar refractivity (Wildman–Crippen MR) is 61.8 cm³/mol. The van der Waals surface area contributed by atoms with Crippen LogP contribution >= 0.6 is 7.82 Å². The summed E-state index contributed by atoms with van der Waals surface area (Å²) in [4.78, 5) is 19.4. The third-order valence-corrected chi connectivity index (χ3v) is 2.91. The van der Waals surface area contributed by atoms with Crippen molar-refractivity contribution in [1.82, 2.24) is 5.32 Å². The van der Waals surface area contributed by atoms with Crippen molar-refractivity contribution < 1.29 is 28.4 Å². The van der Waals surface area contributed by atoms with Gasteiger partial charge in [-0.25, -0.2) is 4.57 Å². The standard InChI is InChI=1S/C9H20NO6P/c1-10-6-8-16-17(13,14)15-7-4-2-3-5-9(11)12/h10H,2-8H2,1H3,(H,11,12)(H,13,14). The maximum absolute atomic E-state index is 11.2. The first-order valence-electron chi connectivity index (χ1n) is 5.46. The highest BCUT2D eigenvalue weighted by molar-refractivity contribution is 7.47. The molecule has 0 spiro atoms. The topological polar surface area (TPSA) is 105 Å². The lowest BCUT2D eigenvalue weighted by molar-refractivity contribution is -0.137. The second-order valence-corrected chi connectivity index (χ2v) is 4.90. The zero-order chi connectivity index (χ0) is 13.1. The van der Waals surface area contributed by atoms with Crippen LogP contribution in [0.25, 0.3) is 0 Å². The summed E-state index contributed by atoms with van der Waals surface area (Å²) in [6.45, 7) is 0.656. The van der Waals surface area contributed by atoms with Crippen molar-refractivity contribution in [2.75, 3.05) is 26.8 Å². The minimum atomic E-state index is -3.95. The monoisotopic (exact) mass is 269 g/mol. The molecule has 0 saturated heterocycles. The molecule has 1 unspecified atom stereocenters. The van der Waals surface area contributed by atoms with Gasteiger partial charge in [0.2, 0.25) is 0 Å². The molecule has 8 heteroatoms. The van der Waals surface area contributed by atoms with Crippen molar-refractivity contribution in [3.63, 3.8) is 0 Å². The molecule has 0 aromatic rings. The highest BCUT2D eigenvalue weighted by atomic mass is 31.2. The fraction of sp³-hybridized carbons (Fsp3) is 0.889. The Balaban J connectivity index is 3.45. The Morgan fingerprint density at radius 2 is 1.88 bits per heavy atom. The number of hydrogen-bond donors (Lipinski definition) is 3. The van der Waals surface area contributed by atoms with Gasteiger partial charge in [0.15, 0.2) is 0 Å². The van der Waals surface area contributed by atoms with Gasteiger partial charge >= 0.3 is 13.8 Å². The Labute approximate surface area is 101 Å². The van der Waals surface area contributed by atoms with Crippen LogP contribution in [0.5, 0.6) is 0 Å². The summed E-state index contributed by atoms with van der Waals surface area (Å²) in [5, 5.41) is 11.1. The summed E-state index contributed by atoms with van der Waals surface area (Å²) in [7, 11) is -2.24. The number of carbonyl (C=O) groups is 1. The zero-order valence-corrected chi connectivity index (χ0v) is 10.8. The van der Waals surface area contributed by atoms with E-state index >= 15 is 0 Å². The van der Waals surface area contributed by atoms with Crippen molar-refractivity contribution >= 4 is 13.8 Å². The summed E-state index contributed by atoms with van der Waals surface area (Å²) in [6.07, 6.45) is 1.82. The number of rotatable bonds is 11. The Kier molecular flexibility index (Phi) is 9.30. The molecule has 0 aliphatic heterocycles. The van der Waals surface area contributed by atoms with Gasteiger partial charge in [-0.2, -0.15) is 0 Å². The van der Waals surface area contributed by atoms with Crippen molar-refractivity contribution in [1.29, 1.82) is 0 Å². The molecule has 0 amide bonds. The molecule has 0 fully saturated rings. The Morgan fingerprint density at radius 3 is 2.47 bits per heavy atom. The number of carboxylic acid groups (broad SMARTS) is 1. The molecule has 0 heterocycles. The Bertz CT molecular complexity index is 260. The number of likely N-dealkylation sites (N-methyl/N-ethyl adjacent to an activating group) is 1. The van der Waals surface area contributed by atoms with Crippen molar-refractivity contribution in [2.24, 2.45) is 0 Å². The van der Waals surface area contributed by atoms with Crippen molar-refractivity contribution in [3.05, 3.63) is 0 Å². The fourth-order valence-electron chi connectivity index (χ4n) is 1.04. The number of phosphoric acid groups is 1. The first-order valence-corrected chi connectivity index (χ1v) is 6.96. The molecule has 0 radical (unpaired) electrons. The molecule has 102 valence electrons. The molecule has 0 aromatic carbocycles. The lowest BCUT2D eigenvalue weighted by Crippen LogP contribution is -2.13. The van der Waals surface area contributed by atoms with Crippen molar-refractivity contribution in [3.8, 4) is 0 Å². The van der Waals surface area contributed by atoms with Crippen LogP contribution in [0.2, 0.25) is 0 Å². The summed E-state index contributed by atoms with van der Waals surface area (Å²) in [5.41, 5.74) is 0. The van der Waals surface area contributed by atoms with E-state index in [2.05, 4.69) is 9.84 Å². The molecule has 7 nitrogen and oxygen atoms in total. The van der Waals surface area contributed by atoms with Gasteiger partial charge in [-0.05, 0) is 19.9 Å². The highest BCUT2D eigenvalue weighted by Crippen LogP contribution is 2.42. The van der Waals surface area contributed by atoms with Crippen LogP contribution in [-0.2, 0) is 18.4 Å². The molecule has 0 aliphatic carbocycles. The van der Waals surface area contributed by atoms with Gasteiger partial charge in [0.1, 0.15) is 0 Å². The maximum atomic E-state index is 11.2. The van der Waals surface area contributed by atoms with Gasteiger partial charge in [0, 0.05) is 13.0 Å². The number of phosphoric ester groups is 1. The van der Waals surface area contributed by atoms with E-state index in [4.69, 9.17) is 9.63 Å². The second-order valence-electron chi connectivity index (χ2n) is 3.44. The molecule has 0 aliphatic rings. The van der Waals surface area contributed by atoms with E-state index in [0.717, 1.165) is 0 Å². The van der Waals surface area contributed by atoms with Gasteiger partial charge in [-0.15, -0.1) is 0 Å². The van der Waals surface area contributed by atoms with Gasteiger partial charge in [0.05, 0.1) is 13.2 Å². The predicted octanol–water partition coefficient (Wildman–Crippen LogP) is 0.984. The number of unbranched alkanes of at least 4 members (excludes halogenated alkanes) is 2. The summed E-state index contributed by atoms with van der Waals surface area (Å²) >= 11 is 0. The molecule has 17 heavy (non-hydrogen) atoms. The average Bonchev–Trinajstić information content (AvgIpc) is 2.23. The minimum Gasteiger partial charge on any atom is -0.481 e. The van der Waals surface area contributed by atoms with Crippen LogP contribution in [0.1, 0.15) is 25.7 Å². The van der Waals surface area contributed by atoms with Crippen LogP contribution in [0.3, 0.4) is 0 Å². The molecular formula is C9H20NO6P. The van der Waals surface area contributed by atoms with Crippen LogP contribution in [0, 0.1) is 0 Å². The van der Waals surface area contributed by atoms with Crippen molar-refractivity contribution in [2.45, 2.75) is 25.7 Å². The van der Waals surface area contributed by atoms with Gasteiger partial charge in [-0.3, -0.25) is 13.8 Å². The van der Waals surface area contributed by atoms with E-state index < -0.39 is 13.8 Å². The Morgan fingerprint density at radius 1 is 1.24 bits per heavy atom. The molecule has 0 rings (SSSR count). The van der Waals surface area contributed by atoms with Crippen LogP contribution in [0.15, 0.2) is 0 Å². The van der Waals surface area contributed by atoms with Gasteiger partial charge in [-0.1, -0.05) is 6.42 Å². The van der Waals surface area contributed by atoms with E-state index in [9.17, 15) is 14.3 Å². The van der Waals surface area contributed by atoms with E-state index in [1.54, 1.807) is 7.05 Å². The minimum absolute atomic E-state index is 0.0902. The summed E-state index contributed by atoms with van der Waals surface area (Å²) < 4.78 is 20.6. The maximum Gasteiger partial charge on any atom is 0.472 e. The smallest absolute Gasteiger partial charge is 0.472 e. The third kappa shape index (κ3) is 11.8. The first kappa shape index (κ1) is 16.5. The lowest BCUT2D eigenvalue weighted by atomic mass is 10.2. The summed E-state index contributed by atoms with van der Waals surface area (Å²) in [5.74, 6) is -0.839. The van der Waals surface area contributed by atoms with E-state index in [-0.39, 0.29) is 19.6 Å². The fourth-order valence-corrected chi connectivity index (χ4v) is 1.79. The molecular weight excluding hydrogens is 249 g/mol. The third-order valence-electron chi connectivity index (χ3n) is 1.90. The van der Waals surface area contributed by atoms with E-state index in [1.807, 2.05) is 0 Å². The molecule has 3 N–H and O–H groups in total. The van der Waals surface area contributed by atoms with E-state index in [0.29, 0.717) is 25.8 Å². The molecule has 0 bridgehead atoms. The van der Waals surface area contributed by atoms with Crippen LogP contribution in [-0.4, -0.2) is 42.8 Å². The average molecular weight is 269 g/mol. The number of hydrogen-bond acceptors (Lipinski definition) is 5. The molecule has 0 saturated carbocycles. The number of nitrogens with one attached hydrogen (secondary N) is 1. The molecule has 0 aromatic heterocycles. The highest BCUT2D eigenvalue weighted by Gasteiger charge is 2.19. The van der Waals surface area contributed by atoms with Gasteiger partial charge < -0.3 is 15.3 Å².